The number of amides is 1. The van der Waals surface area contributed by atoms with E-state index >= 15 is 0 Å². The first kappa shape index (κ1) is 17.9. The van der Waals surface area contributed by atoms with Gasteiger partial charge in [0.25, 0.3) is 0 Å². The Morgan fingerprint density at radius 1 is 1.36 bits per heavy atom. The second kappa shape index (κ2) is 8.45. The van der Waals surface area contributed by atoms with Gasteiger partial charge in [-0.05, 0) is 25.1 Å². The van der Waals surface area contributed by atoms with Gasteiger partial charge in [0.15, 0.2) is 10.2 Å². The average molecular weight is 440 g/mol. The molecule has 0 bridgehead atoms. The number of hydrogen-bond donors (Lipinski definition) is 2. The minimum absolute atomic E-state index is 0.113. The Labute approximate surface area is 160 Å². The fraction of sp³-hybridized carbons (Fsp3) is 0.200. The third-order valence-corrected chi connectivity index (χ3v) is 5.40. The van der Waals surface area contributed by atoms with E-state index in [4.69, 9.17) is 4.52 Å². The molecule has 0 spiro atoms. The molecule has 0 atom stereocenters. The fourth-order valence-electron chi connectivity index (χ4n) is 1.87. The molecule has 0 unspecified atom stereocenters. The van der Waals surface area contributed by atoms with Crippen LogP contribution in [0.4, 0.5) is 16.6 Å². The third-order valence-electron chi connectivity index (χ3n) is 2.93. The number of aromatic nitrogens is 3. The summed E-state index contributed by atoms with van der Waals surface area (Å²) >= 11 is 6.37. The van der Waals surface area contributed by atoms with Crippen LogP contribution in [-0.4, -0.2) is 27.0 Å². The standard InChI is InChI=1S/C15H14BrN5O2S2/c1-9-7-12(21-23-9)18-13(22)5-6-24-15-20-19-14(25-15)17-11-4-2-3-10(16)8-11/h2-4,7-8H,5-6H2,1H3,(H,17,19)(H,18,21,22). The van der Waals surface area contributed by atoms with Crippen molar-refractivity contribution in [1.29, 1.82) is 0 Å². The Morgan fingerprint density at radius 2 is 2.24 bits per heavy atom. The van der Waals surface area contributed by atoms with E-state index in [2.05, 4.69) is 41.9 Å². The molecule has 0 saturated heterocycles. The van der Waals surface area contributed by atoms with Gasteiger partial charge >= 0.3 is 0 Å². The summed E-state index contributed by atoms with van der Waals surface area (Å²) in [7, 11) is 0. The van der Waals surface area contributed by atoms with Crippen LogP contribution in [0.1, 0.15) is 12.2 Å². The van der Waals surface area contributed by atoms with E-state index in [1.165, 1.54) is 23.1 Å². The van der Waals surface area contributed by atoms with E-state index in [0.29, 0.717) is 28.9 Å². The fourth-order valence-corrected chi connectivity index (χ4v) is 4.05. The van der Waals surface area contributed by atoms with Crippen LogP contribution in [0.3, 0.4) is 0 Å². The van der Waals surface area contributed by atoms with Crippen LogP contribution >= 0.6 is 39.0 Å². The van der Waals surface area contributed by atoms with Crippen molar-refractivity contribution >= 4 is 61.6 Å². The number of nitrogens with one attached hydrogen (secondary N) is 2. The lowest BCUT2D eigenvalue weighted by molar-refractivity contribution is -0.115. The first-order valence-electron chi connectivity index (χ1n) is 7.30. The predicted molar refractivity (Wildman–Crippen MR) is 103 cm³/mol. The highest BCUT2D eigenvalue weighted by Gasteiger charge is 2.09. The third kappa shape index (κ3) is 5.55. The summed E-state index contributed by atoms with van der Waals surface area (Å²) in [5.41, 5.74) is 0.935. The van der Waals surface area contributed by atoms with Gasteiger partial charge in [-0.1, -0.05) is 50.3 Å². The summed E-state index contributed by atoms with van der Waals surface area (Å²) in [5, 5.41) is 18.6. The summed E-state index contributed by atoms with van der Waals surface area (Å²) < 4.78 is 6.70. The van der Waals surface area contributed by atoms with Gasteiger partial charge in [-0.3, -0.25) is 4.79 Å². The Kier molecular flexibility index (Phi) is 6.05. The topological polar surface area (TPSA) is 92.9 Å². The van der Waals surface area contributed by atoms with Crippen LogP contribution in [0, 0.1) is 6.92 Å². The first-order chi connectivity index (χ1) is 12.1. The Bertz CT molecular complexity index is 867. The van der Waals surface area contributed by atoms with Gasteiger partial charge in [-0.15, -0.1) is 10.2 Å². The molecule has 0 aliphatic rings. The molecule has 3 aromatic rings. The molecule has 2 heterocycles. The van der Waals surface area contributed by atoms with Gasteiger partial charge in [-0.25, -0.2) is 0 Å². The van der Waals surface area contributed by atoms with Gasteiger partial charge in [0.1, 0.15) is 5.76 Å². The summed E-state index contributed by atoms with van der Waals surface area (Å²) in [6.45, 7) is 1.77. The largest absolute Gasteiger partial charge is 0.360 e. The number of hydrogen-bond acceptors (Lipinski definition) is 8. The molecule has 7 nitrogen and oxygen atoms in total. The molecule has 0 fully saturated rings. The molecule has 2 aromatic heterocycles. The van der Waals surface area contributed by atoms with E-state index in [-0.39, 0.29) is 5.91 Å². The molecule has 2 N–H and O–H groups in total. The molecule has 10 heteroatoms. The van der Waals surface area contributed by atoms with E-state index in [0.717, 1.165) is 14.5 Å². The van der Waals surface area contributed by atoms with Crippen molar-refractivity contribution in [3.8, 4) is 0 Å². The van der Waals surface area contributed by atoms with E-state index < -0.39 is 0 Å². The molecule has 1 amide bonds. The zero-order valence-corrected chi connectivity index (χ0v) is 16.4. The van der Waals surface area contributed by atoms with Crippen molar-refractivity contribution in [1.82, 2.24) is 15.4 Å². The lowest BCUT2D eigenvalue weighted by atomic mass is 10.3. The van der Waals surface area contributed by atoms with E-state index in [9.17, 15) is 4.79 Å². The minimum Gasteiger partial charge on any atom is -0.360 e. The number of carbonyl (C=O) groups excluding carboxylic acids is 1. The van der Waals surface area contributed by atoms with Crippen molar-refractivity contribution < 1.29 is 9.32 Å². The van der Waals surface area contributed by atoms with Gasteiger partial charge in [0.05, 0.1) is 0 Å². The molecule has 0 aliphatic heterocycles. The number of aryl methyl sites for hydroxylation is 1. The molecular weight excluding hydrogens is 426 g/mol. The summed E-state index contributed by atoms with van der Waals surface area (Å²) in [5.74, 6) is 1.58. The number of nitrogens with zero attached hydrogens (tertiary/aromatic N) is 3. The maximum Gasteiger partial charge on any atom is 0.226 e. The molecule has 1 aromatic carbocycles. The van der Waals surface area contributed by atoms with Crippen molar-refractivity contribution in [2.45, 2.75) is 17.7 Å². The highest BCUT2D eigenvalue weighted by molar-refractivity contribution is 9.10. The number of thioether (sulfide) groups is 1. The molecule has 25 heavy (non-hydrogen) atoms. The van der Waals surface area contributed by atoms with E-state index in [1.807, 2.05) is 24.3 Å². The van der Waals surface area contributed by atoms with Crippen molar-refractivity contribution in [3.63, 3.8) is 0 Å². The lowest BCUT2D eigenvalue weighted by Gasteiger charge is -2.01. The number of halogens is 1. The molecule has 3 rings (SSSR count). The lowest BCUT2D eigenvalue weighted by Crippen LogP contribution is -2.12. The van der Waals surface area contributed by atoms with Crippen molar-refractivity contribution in [3.05, 3.63) is 40.6 Å². The maximum absolute atomic E-state index is 11.8. The second-order valence-corrected chi connectivity index (χ2v) is 8.21. The zero-order valence-electron chi connectivity index (χ0n) is 13.2. The average Bonchev–Trinajstić information content (AvgIpc) is 3.16. The molecule has 0 saturated carbocycles. The predicted octanol–water partition coefficient (Wildman–Crippen LogP) is 4.46. The number of anilines is 3. The van der Waals surface area contributed by atoms with Crippen LogP contribution in [-0.2, 0) is 4.79 Å². The Hall–Kier alpha value is -1.91. The van der Waals surface area contributed by atoms with Gasteiger partial charge in [0.2, 0.25) is 11.0 Å². The Balaban J connectivity index is 1.44. The first-order valence-corrected chi connectivity index (χ1v) is 9.90. The smallest absolute Gasteiger partial charge is 0.226 e. The molecule has 0 aliphatic carbocycles. The monoisotopic (exact) mass is 439 g/mol. The highest BCUT2D eigenvalue weighted by atomic mass is 79.9. The second-order valence-electron chi connectivity index (χ2n) is 4.98. The number of carbonyl (C=O) groups is 1. The maximum atomic E-state index is 11.8. The number of rotatable bonds is 7. The highest BCUT2D eigenvalue weighted by Crippen LogP contribution is 2.28. The SMILES string of the molecule is Cc1cc(NC(=O)CCSc2nnc(Nc3cccc(Br)c3)s2)no1. The van der Waals surface area contributed by atoms with Gasteiger partial charge in [0, 0.05) is 28.4 Å². The van der Waals surface area contributed by atoms with Crippen LogP contribution in [0.5, 0.6) is 0 Å². The van der Waals surface area contributed by atoms with Gasteiger partial charge < -0.3 is 15.2 Å². The van der Waals surface area contributed by atoms with Crippen LogP contribution in [0.2, 0.25) is 0 Å². The molecule has 130 valence electrons. The zero-order chi connectivity index (χ0) is 17.6. The quantitative estimate of drug-likeness (QED) is 0.524. The number of benzene rings is 1. The summed E-state index contributed by atoms with van der Waals surface area (Å²) in [6, 6.07) is 9.49. The van der Waals surface area contributed by atoms with Crippen molar-refractivity contribution in [2.75, 3.05) is 16.4 Å². The molecular formula is C15H14BrN5O2S2. The van der Waals surface area contributed by atoms with Crippen LogP contribution in [0.15, 0.2) is 43.7 Å². The van der Waals surface area contributed by atoms with E-state index in [1.54, 1.807) is 13.0 Å². The van der Waals surface area contributed by atoms with Crippen molar-refractivity contribution in [2.24, 2.45) is 0 Å². The molecule has 0 radical (unpaired) electrons. The van der Waals surface area contributed by atoms with Crippen LogP contribution in [0.25, 0.3) is 0 Å². The van der Waals surface area contributed by atoms with Gasteiger partial charge in [-0.2, -0.15) is 0 Å². The normalized spacial score (nSPS) is 10.6. The minimum atomic E-state index is -0.113. The summed E-state index contributed by atoms with van der Waals surface area (Å²) in [4.78, 5) is 11.8. The van der Waals surface area contributed by atoms with Crippen LogP contribution < -0.4 is 10.6 Å². The summed E-state index contributed by atoms with van der Waals surface area (Å²) in [6.07, 6.45) is 0.352. The Morgan fingerprint density at radius 3 is 3.00 bits per heavy atom.